The van der Waals surface area contributed by atoms with Crippen LogP contribution in [0.2, 0.25) is 0 Å². The Labute approximate surface area is 138 Å². The van der Waals surface area contributed by atoms with Crippen LogP contribution in [0.15, 0.2) is 33.7 Å². The van der Waals surface area contributed by atoms with Crippen molar-refractivity contribution in [2.75, 3.05) is 13.1 Å². The third-order valence-corrected chi connectivity index (χ3v) is 6.01. The summed E-state index contributed by atoms with van der Waals surface area (Å²) in [5.74, 6) is -1.08. The van der Waals surface area contributed by atoms with Crippen molar-refractivity contribution in [2.24, 2.45) is 0 Å². The van der Waals surface area contributed by atoms with Crippen LogP contribution in [-0.2, 0) is 14.8 Å². The zero-order valence-electron chi connectivity index (χ0n) is 13.1. The van der Waals surface area contributed by atoms with Crippen molar-refractivity contribution in [2.45, 2.75) is 24.8 Å². The summed E-state index contributed by atoms with van der Waals surface area (Å²) in [5, 5.41) is 6.24. The van der Waals surface area contributed by atoms with Gasteiger partial charge in [-0.15, -0.1) is 0 Å². The number of halogens is 1. The van der Waals surface area contributed by atoms with Crippen LogP contribution in [0, 0.1) is 19.7 Å². The molecule has 2 heterocycles. The zero-order valence-corrected chi connectivity index (χ0v) is 13.9. The van der Waals surface area contributed by atoms with E-state index in [4.69, 9.17) is 4.52 Å². The van der Waals surface area contributed by atoms with Crippen LogP contribution in [0.5, 0.6) is 0 Å². The summed E-state index contributed by atoms with van der Waals surface area (Å²) in [5.41, 5.74) is 0.204. The Hall–Kier alpha value is -2.26. The summed E-state index contributed by atoms with van der Waals surface area (Å²) in [7, 11) is -4.08. The third kappa shape index (κ3) is 2.59. The number of nitrogens with one attached hydrogen (secondary N) is 1. The fraction of sp³-hybridized carbons (Fsp3) is 0.333. The molecule has 0 bridgehead atoms. The molecular weight excluding hydrogens is 337 g/mol. The van der Waals surface area contributed by atoms with E-state index in [1.165, 1.54) is 32.0 Å². The first-order chi connectivity index (χ1) is 11.3. The topological polar surface area (TPSA) is 92.5 Å². The number of amides is 1. The molecule has 2 aromatic rings. The van der Waals surface area contributed by atoms with Gasteiger partial charge in [-0.3, -0.25) is 4.79 Å². The van der Waals surface area contributed by atoms with Crippen LogP contribution in [0.1, 0.15) is 23.1 Å². The van der Waals surface area contributed by atoms with Gasteiger partial charge in [0, 0.05) is 18.7 Å². The van der Waals surface area contributed by atoms with Crippen LogP contribution in [0.4, 0.5) is 4.39 Å². The molecule has 1 aromatic carbocycles. The molecule has 9 heteroatoms. The molecule has 24 heavy (non-hydrogen) atoms. The van der Waals surface area contributed by atoms with E-state index in [1.54, 1.807) is 6.07 Å². The average Bonchev–Trinajstić information content (AvgIpc) is 2.87. The molecule has 0 radical (unpaired) electrons. The van der Waals surface area contributed by atoms with Gasteiger partial charge in [-0.2, -0.15) is 4.31 Å². The molecule has 3 rings (SSSR count). The number of hydrogen-bond donors (Lipinski definition) is 1. The van der Waals surface area contributed by atoms with Crippen LogP contribution < -0.4 is 5.32 Å². The summed E-state index contributed by atoms with van der Waals surface area (Å²) < 4.78 is 46.2. The summed E-state index contributed by atoms with van der Waals surface area (Å²) in [6, 6.07) is 4.35. The summed E-state index contributed by atoms with van der Waals surface area (Å²) >= 11 is 0. The van der Waals surface area contributed by atoms with Gasteiger partial charge in [-0.05, 0) is 19.9 Å². The lowest BCUT2D eigenvalue weighted by molar-refractivity contribution is -0.127. The van der Waals surface area contributed by atoms with Crippen molar-refractivity contribution in [3.63, 3.8) is 0 Å². The quantitative estimate of drug-likeness (QED) is 0.898. The van der Waals surface area contributed by atoms with E-state index >= 15 is 0 Å². The molecule has 1 amide bonds. The molecule has 7 nitrogen and oxygen atoms in total. The number of benzene rings is 1. The van der Waals surface area contributed by atoms with Crippen molar-refractivity contribution in [1.82, 2.24) is 14.8 Å². The van der Waals surface area contributed by atoms with Gasteiger partial charge in [-0.25, -0.2) is 12.8 Å². The van der Waals surface area contributed by atoms with Gasteiger partial charge in [0.15, 0.2) is 5.76 Å². The van der Waals surface area contributed by atoms with Crippen molar-refractivity contribution >= 4 is 15.9 Å². The monoisotopic (exact) mass is 353 g/mol. The normalized spacial score (nSPS) is 19.3. The number of sulfonamides is 1. The zero-order chi connectivity index (χ0) is 17.5. The van der Waals surface area contributed by atoms with Gasteiger partial charge < -0.3 is 9.84 Å². The van der Waals surface area contributed by atoms with Gasteiger partial charge >= 0.3 is 0 Å². The van der Waals surface area contributed by atoms with Crippen LogP contribution in [0.3, 0.4) is 0 Å². The second-order valence-corrected chi connectivity index (χ2v) is 7.31. The number of carbonyl (C=O) groups is 1. The predicted octanol–water partition coefficient (Wildman–Crippen LogP) is 1.29. The van der Waals surface area contributed by atoms with Crippen molar-refractivity contribution in [3.8, 4) is 0 Å². The van der Waals surface area contributed by atoms with Crippen LogP contribution in [0.25, 0.3) is 0 Å². The average molecular weight is 353 g/mol. The molecule has 1 aromatic heterocycles. The smallest absolute Gasteiger partial charge is 0.249 e. The molecule has 1 unspecified atom stereocenters. The Kier molecular flexibility index (Phi) is 4.14. The fourth-order valence-corrected chi connectivity index (χ4v) is 4.72. The minimum atomic E-state index is -4.08. The number of aromatic nitrogens is 1. The van der Waals surface area contributed by atoms with E-state index in [-0.39, 0.29) is 35.0 Å². The summed E-state index contributed by atoms with van der Waals surface area (Å²) in [6.45, 7) is 3.16. The molecule has 1 atom stereocenters. The van der Waals surface area contributed by atoms with Crippen molar-refractivity contribution < 1.29 is 22.1 Å². The number of carbonyl (C=O) groups excluding carboxylic acids is 1. The van der Waals surface area contributed by atoms with E-state index < -0.39 is 27.8 Å². The Morgan fingerprint density at radius 1 is 1.33 bits per heavy atom. The summed E-state index contributed by atoms with van der Waals surface area (Å²) in [6.07, 6.45) is 0. The fourth-order valence-electron chi connectivity index (χ4n) is 2.86. The maximum absolute atomic E-state index is 14.2. The van der Waals surface area contributed by atoms with Gasteiger partial charge in [-0.1, -0.05) is 23.4 Å². The lowest BCUT2D eigenvalue weighted by atomic mass is 10.0. The highest BCUT2D eigenvalue weighted by Gasteiger charge is 2.42. The minimum absolute atomic E-state index is 0.00466. The lowest BCUT2D eigenvalue weighted by Crippen LogP contribution is -2.52. The van der Waals surface area contributed by atoms with E-state index in [0.29, 0.717) is 0 Å². The number of aryl methyl sites for hydroxylation is 2. The SMILES string of the molecule is Cc1noc(C)c1S(=O)(=O)N1CCNC(=O)C1c1ccccc1F. The first-order valence-electron chi connectivity index (χ1n) is 7.31. The standard InChI is InChI=1S/C15H16FN3O4S/c1-9-14(10(2)23-18-9)24(21,22)19-8-7-17-15(20)13(19)11-5-3-4-6-12(11)16/h3-6,13H,7-8H2,1-2H3,(H,17,20). The van der Waals surface area contributed by atoms with Gasteiger partial charge in [0.25, 0.3) is 0 Å². The molecular formula is C15H16FN3O4S. The molecule has 0 spiro atoms. The van der Waals surface area contributed by atoms with E-state index in [0.717, 1.165) is 4.31 Å². The highest BCUT2D eigenvalue weighted by atomic mass is 32.2. The Bertz CT molecular complexity index is 874. The van der Waals surface area contributed by atoms with E-state index in [2.05, 4.69) is 10.5 Å². The number of rotatable bonds is 3. The maximum atomic E-state index is 14.2. The second-order valence-electron chi connectivity index (χ2n) is 5.48. The first kappa shape index (κ1) is 16.6. The molecule has 1 N–H and O–H groups in total. The van der Waals surface area contributed by atoms with Crippen molar-refractivity contribution in [3.05, 3.63) is 47.1 Å². The molecule has 1 fully saturated rings. The minimum Gasteiger partial charge on any atom is -0.360 e. The molecule has 1 aliphatic heterocycles. The number of nitrogens with zero attached hydrogens (tertiary/aromatic N) is 2. The van der Waals surface area contributed by atoms with E-state index in [1.807, 2.05) is 0 Å². The number of piperazine rings is 1. The molecule has 1 saturated heterocycles. The van der Waals surface area contributed by atoms with Crippen molar-refractivity contribution in [1.29, 1.82) is 0 Å². The molecule has 0 saturated carbocycles. The molecule has 128 valence electrons. The van der Waals surface area contributed by atoms with Crippen LogP contribution >= 0.6 is 0 Å². The Balaban J connectivity index is 2.14. The lowest BCUT2D eigenvalue weighted by Gasteiger charge is -2.34. The predicted molar refractivity (Wildman–Crippen MR) is 82.0 cm³/mol. The Morgan fingerprint density at radius 3 is 2.67 bits per heavy atom. The number of hydrogen-bond acceptors (Lipinski definition) is 5. The Morgan fingerprint density at radius 2 is 2.04 bits per heavy atom. The van der Waals surface area contributed by atoms with Gasteiger partial charge in [0.1, 0.15) is 22.4 Å². The molecule has 0 aliphatic carbocycles. The summed E-state index contributed by atoms with van der Waals surface area (Å²) in [4.78, 5) is 12.2. The van der Waals surface area contributed by atoms with Crippen LogP contribution in [-0.4, -0.2) is 36.9 Å². The highest BCUT2D eigenvalue weighted by molar-refractivity contribution is 7.89. The van der Waals surface area contributed by atoms with Gasteiger partial charge in [0.05, 0.1) is 0 Å². The maximum Gasteiger partial charge on any atom is 0.249 e. The molecule has 1 aliphatic rings. The largest absolute Gasteiger partial charge is 0.360 e. The highest BCUT2D eigenvalue weighted by Crippen LogP contribution is 2.33. The second kappa shape index (κ2) is 5.99. The first-order valence-corrected chi connectivity index (χ1v) is 8.75. The van der Waals surface area contributed by atoms with E-state index in [9.17, 15) is 17.6 Å². The van der Waals surface area contributed by atoms with Gasteiger partial charge in [0.2, 0.25) is 15.9 Å². The third-order valence-electron chi connectivity index (χ3n) is 3.90.